The number of pyridine rings is 1. The molecule has 0 spiro atoms. The van der Waals surface area contributed by atoms with Gasteiger partial charge in [-0.3, -0.25) is 0 Å². The Hall–Kier alpha value is -1.35. The highest BCUT2D eigenvalue weighted by molar-refractivity contribution is 14.0. The minimum atomic E-state index is 0. The van der Waals surface area contributed by atoms with Crippen molar-refractivity contribution < 1.29 is 4.74 Å². The quantitative estimate of drug-likeness (QED) is 0.284. The van der Waals surface area contributed by atoms with Gasteiger partial charge in [-0.2, -0.15) is 0 Å². The Morgan fingerprint density at radius 3 is 2.83 bits per heavy atom. The molecule has 0 aliphatic heterocycles. The lowest BCUT2D eigenvalue weighted by Crippen LogP contribution is -2.38. The van der Waals surface area contributed by atoms with E-state index in [9.17, 15) is 0 Å². The minimum absolute atomic E-state index is 0. The minimum Gasteiger partial charge on any atom is -0.382 e. The molecule has 0 atom stereocenters. The number of guanidine groups is 1. The molecule has 2 aromatic heterocycles. The van der Waals surface area contributed by atoms with E-state index < -0.39 is 0 Å². The fourth-order valence-corrected chi connectivity index (χ4v) is 2.30. The maximum absolute atomic E-state index is 5.34. The highest BCUT2D eigenvalue weighted by Crippen LogP contribution is 2.09. The van der Waals surface area contributed by atoms with Crippen LogP contribution in [0.1, 0.15) is 31.7 Å². The SMILES string of the molecule is CCNC(=NCc1cn2c(C)cccc2n1)NCCCOCC.I. The molecule has 134 valence electrons. The maximum atomic E-state index is 5.34. The number of fused-ring (bicyclic) bond motifs is 1. The summed E-state index contributed by atoms with van der Waals surface area (Å²) < 4.78 is 7.43. The molecule has 0 saturated carbocycles. The number of aliphatic imine (C=N–C) groups is 1. The van der Waals surface area contributed by atoms with E-state index in [1.54, 1.807) is 0 Å². The Morgan fingerprint density at radius 1 is 1.29 bits per heavy atom. The van der Waals surface area contributed by atoms with Crippen molar-refractivity contribution in [2.24, 2.45) is 4.99 Å². The van der Waals surface area contributed by atoms with Crippen molar-refractivity contribution in [2.45, 2.75) is 33.7 Å². The first-order valence-electron chi connectivity index (χ1n) is 8.28. The molecule has 6 nitrogen and oxygen atoms in total. The number of aromatic nitrogens is 2. The van der Waals surface area contributed by atoms with Gasteiger partial charge in [-0.1, -0.05) is 6.07 Å². The molecule has 24 heavy (non-hydrogen) atoms. The van der Waals surface area contributed by atoms with Gasteiger partial charge < -0.3 is 19.8 Å². The van der Waals surface area contributed by atoms with Crippen molar-refractivity contribution in [3.05, 3.63) is 35.8 Å². The molecule has 0 aliphatic rings. The molecule has 0 unspecified atom stereocenters. The molecule has 0 saturated heterocycles. The van der Waals surface area contributed by atoms with E-state index in [1.165, 1.54) is 5.69 Å². The van der Waals surface area contributed by atoms with Crippen LogP contribution >= 0.6 is 24.0 Å². The second kappa shape index (κ2) is 11.2. The van der Waals surface area contributed by atoms with Gasteiger partial charge in [0.2, 0.25) is 0 Å². The monoisotopic (exact) mass is 445 g/mol. The second-order valence-electron chi connectivity index (χ2n) is 5.30. The van der Waals surface area contributed by atoms with E-state index in [0.717, 1.165) is 50.0 Å². The molecule has 0 aliphatic carbocycles. The Bertz CT molecular complexity index is 641. The van der Waals surface area contributed by atoms with E-state index in [1.807, 2.05) is 25.3 Å². The molecule has 2 aromatic rings. The summed E-state index contributed by atoms with van der Waals surface area (Å²) in [7, 11) is 0. The topological polar surface area (TPSA) is 63.0 Å². The maximum Gasteiger partial charge on any atom is 0.191 e. The molecule has 0 amide bonds. The van der Waals surface area contributed by atoms with E-state index in [4.69, 9.17) is 4.74 Å². The van der Waals surface area contributed by atoms with Crippen LogP contribution in [0.2, 0.25) is 0 Å². The normalized spacial score (nSPS) is 11.4. The van der Waals surface area contributed by atoms with Crippen molar-refractivity contribution in [3.63, 3.8) is 0 Å². The smallest absolute Gasteiger partial charge is 0.191 e. The molecule has 2 rings (SSSR count). The molecule has 0 aromatic carbocycles. The number of hydrogen-bond donors (Lipinski definition) is 2. The third-order valence-corrected chi connectivity index (χ3v) is 3.45. The third kappa shape index (κ3) is 6.27. The average Bonchev–Trinajstić information content (AvgIpc) is 2.97. The van der Waals surface area contributed by atoms with Crippen LogP contribution in [0.15, 0.2) is 29.4 Å². The summed E-state index contributed by atoms with van der Waals surface area (Å²) in [5.74, 6) is 0.817. The van der Waals surface area contributed by atoms with Gasteiger partial charge in [0.05, 0.1) is 12.2 Å². The lowest BCUT2D eigenvalue weighted by atomic mass is 10.4. The van der Waals surface area contributed by atoms with Crippen molar-refractivity contribution >= 4 is 35.6 Å². The summed E-state index contributed by atoms with van der Waals surface area (Å²) >= 11 is 0. The zero-order valence-electron chi connectivity index (χ0n) is 14.7. The molecule has 2 heterocycles. The van der Waals surface area contributed by atoms with Gasteiger partial charge in [-0.15, -0.1) is 24.0 Å². The van der Waals surface area contributed by atoms with E-state index in [-0.39, 0.29) is 24.0 Å². The number of ether oxygens (including phenoxy) is 1. The van der Waals surface area contributed by atoms with Crippen LogP contribution < -0.4 is 10.6 Å². The van der Waals surface area contributed by atoms with Crippen molar-refractivity contribution in [3.8, 4) is 0 Å². The number of hydrogen-bond acceptors (Lipinski definition) is 3. The van der Waals surface area contributed by atoms with Crippen LogP contribution in [0.5, 0.6) is 0 Å². The number of nitrogens with zero attached hydrogens (tertiary/aromatic N) is 3. The van der Waals surface area contributed by atoms with Gasteiger partial charge in [-0.05, 0) is 39.3 Å². The molecule has 0 bridgehead atoms. The number of imidazole rings is 1. The first-order chi connectivity index (χ1) is 11.2. The van der Waals surface area contributed by atoms with Gasteiger partial charge in [0.15, 0.2) is 5.96 Å². The lowest BCUT2D eigenvalue weighted by Gasteiger charge is -2.10. The van der Waals surface area contributed by atoms with Crippen molar-refractivity contribution in [1.82, 2.24) is 20.0 Å². The zero-order valence-corrected chi connectivity index (χ0v) is 17.0. The highest BCUT2D eigenvalue weighted by Gasteiger charge is 2.03. The number of rotatable bonds is 8. The number of aryl methyl sites for hydroxylation is 1. The Kier molecular flexibility index (Phi) is 9.70. The Labute approximate surface area is 161 Å². The number of halogens is 1. The Balaban J connectivity index is 0.00000288. The van der Waals surface area contributed by atoms with Crippen LogP contribution in [0.3, 0.4) is 0 Å². The highest BCUT2D eigenvalue weighted by atomic mass is 127. The summed E-state index contributed by atoms with van der Waals surface area (Å²) in [4.78, 5) is 9.21. The van der Waals surface area contributed by atoms with E-state index in [0.29, 0.717) is 6.54 Å². The predicted molar refractivity (Wildman–Crippen MR) is 109 cm³/mol. The van der Waals surface area contributed by atoms with Gasteiger partial charge >= 0.3 is 0 Å². The van der Waals surface area contributed by atoms with Crippen LogP contribution in [-0.2, 0) is 11.3 Å². The summed E-state index contributed by atoms with van der Waals surface area (Å²) in [6.45, 7) is 9.92. The summed E-state index contributed by atoms with van der Waals surface area (Å²) in [6, 6.07) is 6.11. The molecule has 0 radical (unpaired) electrons. The van der Waals surface area contributed by atoms with Gasteiger partial charge in [0.25, 0.3) is 0 Å². The average molecular weight is 445 g/mol. The van der Waals surface area contributed by atoms with Crippen LogP contribution in [-0.4, -0.2) is 41.6 Å². The lowest BCUT2D eigenvalue weighted by molar-refractivity contribution is 0.145. The van der Waals surface area contributed by atoms with Gasteiger partial charge in [0, 0.05) is 38.2 Å². The van der Waals surface area contributed by atoms with Crippen molar-refractivity contribution in [2.75, 3.05) is 26.3 Å². The van der Waals surface area contributed by atoms with E-state index >= 15 is 0 Å². The predicted octanol–water partition coefficient (Wildman–Crippen LogP) is 2.74. The molecule has 2 N–H and O–H groups in total. The fraction of sp³-hybridized carbons (Fsp3) is 0.529. The molecular formula is C17H28IN5O. The summed E-state index contributed by atoms with van der Waals surface area (Å²) in [6.07, 6.45) is 3.01. The van der Waals surface area contributed by atoms with Crippen LogP contribution in [0, 0.1) is 6.92 Å². The van der Waals surface area contributed by atoms with Crippen LogP contribution in [0.25, 0.3) is 5.65 Å². The molecule has 0 fully saturated rings. The molecule has 7 heteroatoms. The largest absolute Gasteiger partial charge is 0.382 e. The summed E-state index contributed by atoms with van der Waals surface area (Å²) in [5.41, 5.74) is 3.10. The third-order valence-electron chi connectivity index (χ3n) is 3.45. The van der Waals surface area contributed by atoms with Gasteiger partial charge in [-0.25, -0.2) is 9.98 Å². The zero-order chi connectivity index (χ0) is 16.5. The molecular weight excluding hydrogens is 417 g/mol. The number of nitrogens with one attached hydrogen (secondary N) is 2. The second-order valence-corrected chi connectivity index (χ2v) is 5.30. The van der Waals surface area contributed by atoms with E-state index in [2.05, 4.69) is 44.9 Å². The van der Waals surface area contributed by atoms with Gasteiger partial charge in [0.1, 0.15) is 5.65 Å². The summed E-state index contributed by atoms with van der Waals surface area (Å²) in [5, 5.41) is 6.57. The first-order valence-corrected chi connectivity index (χ1v) is 8.28. The Morgan fingerprint density at radius 2 is 2.12 bits per heavy atom. The van der Waals surface area contributed by atoms with Crippen molar-refractivity contribution in [1.29, 1.82) is 0 Å². The standard InChI is InChI=1S/C17H27N5O.HI/c1-4-18-17(19-10-7-11-23-5-2)20-12-15-13-22-14(3)8-6-9-16(22)21-15;/h6,8-9,13H,4-5,7,10-12H2,1-3H3,(H2,18,19,20);1H. The fourth-order valence-electron chi connectivity index (χ4n) is 2.30. The van der Waals surface area contributed by atoms with Crippen LogP contribution in [0.4, 0.5) is 0 Å². The first kappa shape index (κ1) is 20.7.